The molecule has 0 aliphatic carbocycles. The standard InChI is InChI=1S/C15H25N3O/c1-15(2,3)13-11-18(10-9-17(13)5)14(19)12-7-6-8-16(12)4/h6-8,13H,9-11H2,1-5H3. The number of piperazine rings is 1. The number of rotatable bonds is 1. The highest BCUT2D eigenvalue weighted by Crippen LogP contribution is 2.27. The Hall–Kier alpha value is -1.29. The molecule has 106 valence electrons. The van der Waals surface area contributed by atoms with Gasteiger partial charge in [-0.1, -0.05) is 20.8 Å². The van der Waals surface area contributed by atoms with E-state index in [-0.39, 0.29) is 11.3 Å². The van der Waals surface area contributed by atoms with Gasteiger partial charge in [0.1, 0.15) is 5.69 Å². The van der Waals surface area contributed by atoms with Crippen molar-refractivity contribution in [3.8, 4) is 0 Å². The Bertz CT molecular complexity index is 458. The minimum absolute atomic E-state index is 0.148. The minimum Gasteiger partial charge on any atom is -0.347 e. The Morgan fingerprint density at radius 2 is 1.95 bits per heavy atom. The normalized spacial score (nSPS) is 21.7. The summed E-state index contributed by atoms with van der Waals surface area (Å²) in [6, 6.07) is 4.22. The molecule has 1 unspecified atom stereocenters. The summed E-state index contributed by atoms with van der Waals surface area (Å²) in [6.45, 7) is 9.29. The monoisotopic (exact) mass is 263 g/mol. The van der Waals surface area contributed by atoms with E-state index in [1.807, 2.05) is 34.8 Å². The van der Waals surface area contributed by atoms with E-state index in [2.05, 4.69) is 32.7 Å². The first-order chi connectivity index (χ1) is 8.80. The van der Waals surface area contributed by atoms with E-state index in [1.165, 1.54) is 0 Å². The molecule has 0 aromatic carbocycles. The molecule has 1 aromatic rings. The fourth-order valence-corrected chi connectivity index (χ4v) is 2.84. The van der Waals surface area contributed by atoms with Crippen LogP contribution in [0.2, 0.25) is 0 Å². The molecule has 1 saturated heterocycles. The van der Waals surface area contributed by atoms with E-state index in [0.29, 0.717) is 6.04 Å². The van der Waals surface area contributed by atoms with E-state index in [1.54, 1.807) is 0 Å². The van der Waals surface area contributed by atoms with Gasteiger partial charge in [-0.15, -0.1) is 0 Å². The molecule has 19 heavy (non-hydrogen) atoms. The van der Waals surface area contributed by atoms with Gasteiger partial charge in [-0.25, -0.2) is 0 Å². The zero-order valence-corrected chi connectivity index (χ0v) is 12.7. The van der Waals surface area contributed by atoms with Gasteiger partial charge in [-0.2, -0.15) is 0 Å². The summed E-state index contributed by atoms with van der Waals surface area (Å²) in [5.74, 6) is 0.148. The molecule has 1 aliphatic rings. The maximum Gasteiger partial charge on any atom is 0.270 e. The Kier molecular flexibility index (Phi) is 3.72. The van der Waals surface area contributed by atoms with Crippen LogP contribution in [0.25, 0.3) is 0 Å². The average Bonchev–Trinajstić information content (AvgIpc) is 2.73. The summed E-state index contributed by atoms with van der Waals surface area (Å²) in [4.78, 5) is 16.9. The van der Waals surface area contributed by atoms with E-state index in [0.717, 1.165) is 25.3 Å². The number of carbonyl (C=O) groups excluding carboxylic acids is 1. The third-order valence-electron chi connectivity index (χ3n) is 4.10. The number of amides is 1. The van der Waals surface area contributed by atoms with Gasteiger partial charge in [0.2, 0.25) is 0 Å². The van der Waals surface area contributed by atoms with Gasteiger partial charge in [-0.05, 0) is 24.6 Å². The van der Waals surface area contributed by atoms with Crippen molar-refractivity contribution >= 4 is 5.91 Å². The molecule has 0 bridgehead atoms. The molecule has 2 heterocycles. The van der Waals surface area contributed by atoms with Gasteiger partial charge in [0.25, 0.3) is 5.91 Å². The molecule has 4 heteroatoms. The molecule has 1 atom stereocenters. The third-order valence-corrected chi connectivity index (χ3v) is 4.10. The summed E-state index contributed by atoms with van der Waals surface area (Å²) in [7, 11) is 4.07. The van der Waals surface area contributed by atoms with Crippen LogP contribution < -0.4 is 0 Å². The van der Waals surface area contributed by atoms with Crippen molar-refractivity contribution in [3.05, 3.63) is 24.0 Å². The summed E-state index contributed by atoms with van der Waals surface area (Å²) in [5.41, 5.74) is 0.958. The number of hydrogen-bond acceptors (Lipinski definition) is 2. The van der Waals surface area contributed by atoms with Crippen LogP contribution in [-0.4, -0.2) is 53.0 Å². The lowest BCUT2D eigenvalue weighted by atomic mass is 9.84. The van der Waals surface area contributed by atoms with Gasteiger partial charge in [-0.3, -0.25) is 9.69 Å². The Labute approximate surface area is 116 Å². The molecule has 0 saturated carbocycles. The summed E-state index contributed by atoms with van der Waals surface area (Å²) >= 11 is 0. The first-order valence-electron chi connectivity index (χ1n) is 6.91. The summed E-state index contributed by atoms with van der Waals surface area (Å²) in [5, 5.41) is 0. The molecule has 4 nitrogen and oxygen atoms in total. The maximum atomic E-state index is 12.5. The molecule has 0 radical (unpaired) electrons. The SMILES string of the molecule is CN1CCN(C(=O)c2cccn2C)CC1C(C)(C)C. The quantitative estimate of drug-likeness (QED) is 0.773. The Morgan fingerprint density at radius 3 is 2.47 bits per heavy atom. The average molecular weight is 263 g/mol. The van der Waals surface area contributed by atoms with E-state index in [4.69, 9.17) is 0 Å². The molecule has 1 fully saturated rings. The zero-order chi connectivity index (χ0) is 14.2. The van der Waals surface area contributed by atoms with Crippen LogP contribution in [-0.2, 0) is 7.05 Å². The fourth-order valence-electron chi connectivity index (χ4n) is 2.84. The van der Waals surface area contributed by atoms with Crippen LogP contribution in [0.1, 0.15) is 31.3 Å². The van der Waals surface area contributed by atoms with Crippen molar-refractivity contribution in [2.75, 3.05) is 26.7 Å². The molecule has 1 aromatic heterocycles. The van der Waals surface area contributed by atoms with Gasteiger partial charge < -0.3 is 9.47 Å². The van der Waals surface area contributed by atoms with Gasteiger partial charge >= 0.3 is 0 Å². The lowest BCUT2D eigenvalue weighted by Crippen LogP contribution is -2.57. The highest BCUT2D eigenvalue weighted by molar-refractivity contribution is 5.92. The van der Waals surface area contributed by atoms with E-state index < -0.39 is 0 Å². The second-order valence-electron chi connectivity index (χ2n) is 6.62. The topological polar surface area (TPSA) is 28.5 Å². The first kappa shape index (κ1) is 14.1. The maximum absolute atomic E-state index is 12.5. The zero-order valence-electron chi connectivity index (χ0n) is 12.7. The first-order valence-corrected chi connectivity index (χ1v) is 6.91. The molecule has 0 spiro atoms. The molecule has 0 N–H and O–H groups in total. The number of aromatic nitrogens is 1. The lowest BCUT2D eigenvalue weighted by Gasteiger charge is -2.45. The molecular weight excluding hydrogens is 238 g/mol. The van der Waals surface area contributed by atoms with Crippen LogP contribution in [0.4, 0.5) is 0 Å². The van der Waals surface area contributed by atoms with E-state index >= 15 is 0 Å². The summed E-state index contributed by atoms with van der Waals surface area (Å²) in [6.07, 6.45) is 1.92. The number of aryl methyl sites for hydroxylation is 1. The smallest absolute Gasteiger partial charge is 0.270 e. The van der Waals surface area contributed by atoms with Crippen molar-refractivity contribution in [2.24, 2.45) is 12.5 Å². The number of hydrogen-bond donors (Lipinski definition) is 0. The number of nitrogens with zero attached hydrogens (tertiary/aromatic N) is 3. The second kappa shape index (κ2) is 5.00. The third kappa shape index (κ3) is 2.84. The predicted octanol–water partition coefficient (Wildman–Crippen LogP) is 1.83. The van der Waals surface area contributed by atoms with Crippen LogP contribution in [0, 0.1) is 5.41 Å². The molecular formula is C15H25N3O. The highest BCUT2D eigenvalue weighted by Gasteiger charge is 2.35. The van der Waals surface area contributed by atoms with Crippen LogP contribution in [0.15, 0.2) is 18.3 Å². The minimum atomic E-state index is 0.148. The van der Waals surface area contributed by atoms with Crippen LogP contribution >= 0.6 is 0 Å². The van der Waals surface area contributed by atoms with Crippen molar-refractivity contribution in [1.82, 2.24) is 14.4 Å². The predicted molar refractivity (Wildman–Crippen MR) is 77.2 cm³/mol. The molecule has 2 rings (SSSR count). The second-order valence-corrected chi connectivity index (χ2v) is 6.62. The van der Waals surface area contributed by atoms with Gasteiger partial charge in [0, 0.05) is 38.9 Å². The van der Waals surface area contributed by atoms with Gasteiger partial charge in [0.05, 0.1) is 0 Å². The fraction of sp³-hybridized carbons (Fsp3) is 0.667. The molecule has 1 aliphatic heterocycles. The van der Waals surface area contributed by atoms with Crippen molar-refractivity contribution in [2.45, 2.75) is 26.8 Å². The highest BCUT2D eigenvalue weighted by atomic mass is 16.2. The molecule has 1 amide bonds. The Morgan fingerprint density at radius 1 is 1.26 bits per heavy atom. The Balaban J connectivity index is 2.15. The van der Waals surface area contributed by atoms with Crippen molar-refractivity contribution in [3.63, 3.8) is 0 Å². The summed E-state index contributed by atoms with van der Waals surface area (Å²) < 4.78 is 1.90. The van der Waals surface area contributed by atoms with E-state index in [9.17, 15) is 4.79 Å². The van der Waals surface area contributed by atoms with Crippen molar-refractivity contribution in [1.29, 1.82) is 0 Å². The van der Waals surface area contributed by atoms with Crippen LogP contribution in [0.5, 0.6) is 0 Å². The van der Waals surface area contributed by atoms with Crippen molar-refractivity contribution < 1.29 is 4.79 Å². The number of likely N-dealkylation sites (N-methyl/N-ethyl adjacent to an activating group) is 1. The lowest BCUT2D eigenvalue weighted by molar-refractivity contribution is 0.0276. The van der Waals surface area contributed by atoms with Gasteiger partial charge in [0.15, 0.2) is 0 Å². The van der Waals surface area contributed by atoms with Crippen LogP contribution in [0.3, 0.4) is 0 Å². The number of carbonyl (C=O) groups is 1. The largest absolute Gasteiger partial charge is 0.347 e.